The highest BCUT2D eigenvalue weighted by atomic mass is 16.5. The molecule has 0 spiro atoms. The summed E-state index contributed by atoms with van der Waals surface area (Å²) in [6.07, 6.45) is 6.45. The van der Waals surface area contributed by atoms with Crippen LogP contribution < -0.4 is 10.3 Å². The van der Waals surface area contributed by atoms with Gasteiger partial charge in [-0.1, -0.05) is 12.1 Å². The number of carbonyl (C=O) groups excluding carboxylic acids is 1. The fourth-order valence-electron chi connectivity index (χ4n) is 3.38. The Morgan fingerprint density at radius 3 is 2.75 bits per heavy atom. The van der Waals surface area contributed by atoms with Crippen molar-refractivity contribution in [1.29, 1.82) is 0 Å². The monoisotopic (exact) mass is 379 g/mol. The summed E-state index contributed by atoms with van der Waals surface area (Å²) in [4.78, 5) is 39.1. The van der Waals surface area contributed by atoms with Crippen molar-refractivity contribution >= 4 is 16.8 Å². The number of rotatable bonds is 5. The Morgan fingerprint density at radius 2 is 1.96 bits per heavy atom. The number of carbonyl (C=O) groups is 1. The van der Waals surface area contributed by atoms with Crippen LogP contribution in [0.3, 0.4) is 0 Å². The number of aryl methyl sites for hydroxylation is 1. The zero-order valence-electron chi connectivity index (χ0n) is 15.4. The molecule has 3 heterocycles. The first-order chi connectivity index (χ1) is 13.7. The number of hydrogen-bond acceptors (Lipinski definition) is 6. The first-order valence-corrected chi connectivity index (χ1v) is 9.35. The molecule has 0 bridgehead atoms. The van der Waals surface area contributed by atoms with Gasteiger partial charge >= 0.3 is 0 Å². The van der Waals surface area contributed by atoms with Gasteiger partial charge in [-0.15, -0.1) is 0 Å². The van der Waals surface area contributed by atoms with Crippen LogP contribution in [-0.4, -0.2) is 49.5 Å². The maximum absolute atomic E-state index is 12.5. The number of aromatic nitrogens is 4. The van der Waals surface area contributed by atoms with E-state index in [1.54, 1.807) is 24.4 Å². The Balaban J connectivity index is 1.30. The standard InChI is InChI=1S/C20H21N5O3/c26-19(8-12-25-14-23-17-4-2-1-3-16(17)20(25)27)24-10-6-15(7-11-24)28-18-5-9-21-13-22-18/h1-5,9,13-15H,6-8,10-12H2. The summed E-state index contributed by atoms with van der Waals surface area (Å²) in [5, 5.41) is 0.570. The van der Waals surface area contributed by atoms with Gasteiger partial charge < -0.3 is 9.64 Å². The molecule has 144 valence electrons. The van der Waals surface area contributed by atoms with Crippen LogP contribution in [0.4, 0.5) is 0 Å². The summed E-state index contributed by atoms with van der Waals surface area (Å²) in [7, 11) is 0. The Bertz CT molecular complexity index is 1010. The SMILES string of the molecule is O=C(CCn1cnc2ccccc2c1=O)N1CCC(Oc2ccncn2)CC1. The van der Waals surface area contributed by atoms with Crippen LogP contribution in [0.25, 0.3) is 10.9 Å². The number of piperidine rings is 1. The molecule has 8 nitrogen and oxygen atoms in total. The lowest BCUT2D eigenvalue weighted by atomic mass is 10.1. The predicted molar refractivity (Wildman–Crippen MR) is 103 cm³/mol. The first-order valence-electron chi connectivity index (χ1n) is 9.35. The number of fused-ring (bicyclic) bond motifs is 1. The van der Waals surface area contributed by atoms with Crippen molar-refractivity contribution in [3.05, 3.63) is 59.5 Å². The molecule has 0 atom stereocenters. The van der Waals surface area contributed by atoms with Crippen molar-refractivity contribution < 1.29 is 9.53 Å². The third-order valence-electron chi connectivity index (χ3n) is 4.94. The zero-order chi connectivity index (χ0) is 19.3. The van der Waals surface area contributed by atoms with Crippen LogP contribution in [0.1, 0.15) is 19.3 Å². The Hall–Kier alpha value is -3.29. The molecule has 2 aromatic heterocycles. The topological polar surface area (TPSA) is 90.2 Å². The zero-order valence-corrected chi connectivity index (χ0v) is 15.4. The molecule has 1 aliphatic heterocycles. The van der Waals surface area contributed by atoms with E-state index in [1.165, 1.54) is 17.2 Å². The summed E-state index contributed by atoms with van der Waals surface area (Å²) in [6, 6.07) is 8.95. The quantitative estimate of drug-likeness (QED) is 0.670. The predicted octanol–water partition coefficient (Wildman–Crippen LogP) is 1.65. The van der Waals surface area contributed by atoms with E-state index >= 15 is 0 Å². The molecule has 3 aromatic rings. The molecule has 1 saturated heterocycles. The van der Waals surface area contributed by atoms with Crippen molar-refractivity contribution in [3.8, 4) is 5.88 Å². The first kappa shape index (κ1) is 18.1. The second-order valence-electron chi connectivity index (χ2n) is 6.76. The minimum absolute atomic E-state index is 0.0422. The molecule has 0 unspecified atom stereocenters. The lowest BCUT2D eigenvalue weighted by Gasteiger charge is -2.32. The number of ether oxygens (including phenoxy) is 1. The van der Waals surface area contributed by atoms with Gasteiger partial charge in [0.25, 0.3) is 5.56 Å². The molecular formula is C20H21N5O3. The van der Waals surface area contributed by atoms with Crippen molar-refractivity contribution in [3.63, 3.8) is 0 Å². The van der Waals surface area contributed by atoms with Crippen molar-refractivity contribution in [2.75, 3.05) is 13.1 Å². The van der Waals surface area contributed by atoms with E-state index in [1.807, 2.05) is 17.0 Å². The fourth-order valence-corrected chi connectivity index (χ4v) is 3.38. The average Bonchev–Trinajstić information content (AvgIpc) is 2.74. The highest BCUT2D eigenvalue weighted by Gasteiger charge is 2.24. The van der Waals surface area contributed by atoms with Crippen molar-refractivity contribution in [2.45, 2.75) is 31.9 Å². The van der Waals surface area contributed by atoms with E-state index < -0.39 is 0 Å². The van der Waals surface area contributed by atoms with E-state index in [0.717, 1.165) is 12.8 Å². The third kappa shape index (κ3) is 4.00. The number of nitrogens with zero attached hydrogens (tertiary/aromatic N) is 5. The van der Waals surface area contributed by atoms with Crippen LogP contribution in [-0.2, 0) is 11.3 Å². The molecule has 1 aliphatic rings. The minimum atomic E-state index is -0.115. The Labute approximate surface area is 161 Å². The van der Waals surface area contributed by atoms with E-state index in [2.05, 4.69) is 15.0 Å². The third-order valence-corrected chi connectivity index (χ3v) is 4.94. The van der Waals surface area contributed by atoms with Crippen molar-refractivity contribution in [2.24, 2.45) is 0 Å². The summed E-state index contributed by atoms with van der Waals surface area (Å²) in [5.74, 6) is 0.600. The molecule has 0 N–H and O–H groups in total. The molecule has 1 fully saturated rings. The molecule has 0 saturated carbocycles. The second kappa shape index (κ2) is 8.16. The highest BCUT2D eigenvalue weighted by molar-refractivity contribution is 5.77. The number of hydrogen-bond donors (Lipinski definition) is 0. The van der Waals surface area contributed by atoms with Gasteiger partial charge in [0.05, 0.1) is 17.2 Å². The number of para-hydroxylation sites is 1. The average molecular weight is 379 g/mol. The van der Waals surface area contributed by atoms with Gasteiger partial charge in [-0.2, -0.15) is 0 Å². The van der Waals surface area contributed by atoms with Gasteiger partial charge in [0, 0.05) is 51.2 Å². The summed E-state index contributed by atoms with van der Waals surface area (Å²) < 4.78 is 7.33. The molecule has 1 amide bonds. The smallest absolute Gasteiger partial charge is 0.261 e. The van der Waals surface area contributed by atoms with Gasteiger partial charge in [-0.05, 0) is 12.1 Å². The molecule has 8 heteroatoms. The van der Waals surface area contributed by atoms with E-state index in [4.69, 9.17) is 4.74 Å². The lowest BCUT2D eigenvalue weighted by Crippen LogP contribution is -2.42. The minimum Gasteiger partial charge on any atom is -0.474 e. The Kier molecular flexibility index (Phi) is 5.27. The van der Waals surface area contributed by atoms with Crippen LogP contribution >= 0.6 is 0 Å². The normalized spacial score (nSPS) is 14.9. The number of amides is 1. The van der Waals surface area contributed by atoms with Crippen LogP contribution in [0.15, 0.2) is 54.0 Å². The van der Waals surface area contributed by atoms with Crippen LogP contribution in [0.5, 0.6) is 5.88 Å². The largest absolute Gasteiger partial charge is 0.474 e. The van der Waals surface area contributed by atoms with Crippen LogP contribution in [0, 0.1) is 0 Å². The lowest BCUT2D eigenvalue weighted by molar-refractivity contribution is -0.133. The van der Waals surface area contributed by atoms with Gasteiger partial charge in [-0.3, -0.25) is 14.2 Å². The molecule has 1 aromatic carbocycles. The van der Waals surface area contributed by atoms with E-state index in [9.17, 15) is 9.59 Å². The highest BCUT2D eigenvalue weighted by Crippen LogP contribution is 2.17. The van der Waals surface area contributed by atoms with Crippen molar-refractivity contribution in [1.82, 2.24) is 24.4 Å². The summed E-state index contributed by atoms with van der Waals surface area (Å²) >= 11 is 0. The summed E-state index contributed by atoms with van der Waals surface area (Å²) in [5.41, 5.74) is 0.552. The second-order valence-corrected chi connectivity index (χ2v) is 6.76. The Morgan fingerprint density at radius 1 is 1.14 bits per heavy atom. The molecular weight excluding hydrogens is 358 g/mol. The van der Waals surface area contributed by atoms with Gasteiger partial charge in [-0.25, -0.2) is 15.0 Å². The van der Waals surface area contributed by atoms with Gasteiger partial charge in [0.1, 0.15) is 12.4 Å². The number of benzene rings is 1. The maximum Gasteiger partial charge on any atom is 0.261 e. The maximum atomic E-state index is 12.5. The molecule has 0 radical (unpaired) electrons. The molecule has 28 heavy (non-hydrogen) atoms. The molecule has 4 rings (SSSR count). The molecule has 0 aliphatic carbocycles. The van der Waals surface area contributed by atoms with Gasteiger partial charge in [0.2, 0.25) is 11.8 Å². The van der Waals surface area contributed by atoms with E-state index in [-0.39, 0.29) is 24.0 Å². The van der Waals surface area contributed by atoms with Crippen LogP contribution in [0.2, 0.25) is 0 Å². The van der Waals surface area contributed by atoms with E-state index in [0.29, 0.717) is 36.4 Å². The fraction of sp³-hybridized carbons (Fsp3) is 0.350. The summed E-state index contributed by atoms with van der Waals surface area (Å²) in [6.45, 7) is 1.60. The van der Waals surface area contributed by atoms with Gasteiger partial charge in [0.15, 0.2) is 0 Å². The number of likely N-dealkylation sites (tertiary alicyclic amines) is 1.